The molecule has 0 fully saturated rings. The van der Waals surface area contributed by atoms with Gasteiger partial charge >= 0.3 is 0 Å². The summed E-state index contributed by atoms with van der Waals surface area (Å²) >= 11 is 0. The lowest BCUT2D eigenvalue weighted by Crippen LogP contribution is -2.32. The van der Waals surface area contributed by atoms with Gasteiger partial charge in [-0.15, -0.1) is 0 Å². The molecular formula is C18H27N5. The van der Waals surface area contributed by atoms with Crippen LogP contribution in [0.25, 0.3) is 0 Å². The molecule has 23 heavy (non-hydrogen) atoms. The quantitative estimate of drug-likeness (QED) is 0.874. The Balaban J connectivity index is 1.74. The van der Waals surface area contributed by atoms with Gasteiger partial charge in [-0.05, 0) is 13.8 Å². The number of aromatic nitrogens is 4. The van der Waals surface area contributed by atoms with Crippen molar-refractivity contribution < 1.29 is 0 Å². The molecule has 0 bridgehead atoms. The summed E-state index contributed by atoms with van der Waals surface area (Å²) in [5.74, 6) is 0.949. The maximum atomic E-state index is 4.81. The molecule has 0 unspecified atom stereocenters. The fourth-order valence-corrected chi connectivity index (χ4v) is 2.99. The highest BCUT2D eigenvalue weighted by Crippen LogP contribution is 2.23. The molecular weight excluding hydrogens is 286 g/mol. The van der Waals surface area contributed by atoms with Crippen LogP contribution in [0.3, 0.4) is 0 Å². The predicted octanol–water partition coefficient (Wildman–Crippen LogP) is 2.86. The van der Waals surface area contributed by atoms with E-state index in [4.69, 9.17) is 4.98 Å². The van der Waals surface area contributed by atoms with E-state index in [1.54, 1.807) is 0 Å². The smallest absolute Gasteiger partial charge is 0.133 e. The second-order valence-electron chi connectivity index (χ2n) is 7.47. The van der Waals surface area contributed by atoms with Crippen molar-refractivity contribution in [3.63, 3.8) is 0 Å². The lowest BCUT2D eigenvalue weighted by Gasteiger charge is -2.29. The molecule has 0 radical (unpaired) electrons. The van der Waals surface area contributed by atoms with Crippen molar-refractivity contribution in [2.24, 2.45) is 0 Å². The highest BCUT2D eigenvalue weighted by molar-refractivity contribution is 5.23. The van der Waals surface area contributed by atoms with Crippen molar-refractivity contribution in [3.05, 3.63) is 40.7 Å². The second kappa shape index (κ2) is 6.04. The molecule has 3 heterocycles. The van der Waals surface area contributed by atoms with Crippen LogP contribution < -0.4 is 0 Å². The summed E-state index contributed by atoms with van der Waals surface area (Å²) in [6, 6.07) is 0. The van der Waals surface area contributed by atoms with E-state index in [-0.39, 0.29) is 5.41 Å². The lowest BCUT2D eigenvalue weighted by atomic mass is 9.95. The molecule has 0 saturated carbocycles. The van der Waals surface area contributed by atoms with E-state index < -0.39 is 0 Å². The predicted molar refractivity (Wildman–Crippen MR) is 91.2 cm³/mol. The van der Waals surface area contributed by atoms with Gasteiger partial charge in [-0.1, -0.05) is 20.8 Å². The van der Waals surface area contributed by atoms with E-state index in [1.807, 2.05) is 10.9 Å². The van der Waals surface area contributed by atoms with Gasteiger partial charge in [-0.2, -0.15) is 5.10 Å². The van der Waals surface area contributed by atoms with Gasteiger partial charge in [0.25, 0.3) is 0 Å². The molecule has 0 saturated heterocycles. The van der Waals surface area contributed by atoms with Gasteiger partial charge in [0.15, 0.2) is 0 Å². The molecule has 0 spiro atoms. The highest BCUT2D eigenvalue weighted by atomic mass is 15.3. The van der Waals surface area contributed by atoms with E-state index in [1.165, 1.54) is 16.8 Å². The molecule has 1 aliphatic rings. The van der Waals surface area contributed by atoms with E-state index in [0.29, 0.717) is 0 Å². The number of rotatable bonds is 3. The first kappa shape index (κ1) is 16.1. The molecule has 0 N–H and O–H groups in total. The number of hydrogen-bond donors (Lipinski definition) is 0. The minimum absolute atomic E-state index is 0.0119. The second-order valence-corrected chi connectivity index (χ2v) is 7.47. The van der Waals surface area contributed by atoms with Crippen LogP contribution in [0.1, 0.15) is 56.0 Å². The van der Waals surface area contributed by atoms with Crippen LogP contribution in [0, 0.1) is 6.92 Å². The fourth-order valence-electron chi connectivity index (χ4n) is 2.99. The number of fused-ring (bicyclic) bond motifs is 1. The highest BCUT2D eigenvalue weighted by Gasteiger charge is 2.23. The van der Waals surface area contributed by atoms with Crippen molar-refractivity contribution in [2.75, 3.05) is 6.54 Å². The molecule has 2 aromatic rings. The average Bonchev–Trinajstić information content (AvgIpc) is 2.86. The zero-order valence-electron chi connectivity index (χ0n) is 14.9. The van der Waals surface area contributed by atoms with Gasteiger partial charge in [0.2, 0.25) is 0 Å². The molecule has 124 valence electrons. The topological polar surface area (TPSA) is 46.8 Å². The fraction of sp³-hybridized carbons (Fsp3) is 0.611. The first-order valence-corrected chi connectivity index (χ1v) is 8.47. The van der Waals surface area contributed by atoms with Gasteiger partial charge in [0.05, 0.1) is 5.69 Å². The van der Waals surface area contributed by atoms with Crippen molar-refractivity contribution >= 4 is 0 Å². The summed E-state index contributed by atoms with van der Waals surface area (Å²) in [7, 11) is 0. The molecule has 0 aliphatic carbocycles. The number of nitrogens with zero attached hydrogens (tertiary/aromatic N) is 5. The first-order valence-electron chi connectivity index (χ1n) is 8.47. The Labute approximate surface area is 138 Å². The molecule has 1 aliphatic heterocycles. The summed E-state index contributed by atoms with van der Waals surface area (Å²) in [5, 5.41) is 4.54. The lowest BCUT2D eigenvalue weighted by molar-refractivity contribution is 0.241. The molecule has 0 amide bonds. The van der Waals surface area contributed by atoms with E-state index in [9.17, 15) is 0 Å². The standard InChI is InChI=1S/C18H27N5/c1-6-23-12-15(13(2)21-23)11-22-8-7-16-14(10-22)9-19-17(20-16)18(3,4)5/h9,12H,6-8,10-11H2,1-5H3. The zero-order chi connectivity index (χ0) is 16.6. The third-order valence-electron chi connectivity index (χ3n) is 4.45. The molecule has 5 heteroatoms. The molecule has 0 atom stereocenters. The monoisotopic (exact) mass is 313 g/mol. The van der Waals surface area contributed by atoms with Crippen molar-refractivity contribution in [1.29, 1.82) is 0 Å². The Morgan fingerprint density at radius 1 is 1.26 bits per heavy atom. The van der Waals surface area contributed by atoms with Gasteiger partial charge in [0, 0.05) is 67.2 Å². The molecule has 2 aromatic heterocycles. The van der Waals surface area contributed by atoms with Crippen LogP contribution in [-0.2, 0) is 31.5 Å². The third-order valence-corrected chi connectivity index (χ3v) is 4.45. The van der Waals surface area contributed by atoms with Crippen LogP contribution in [0.4, 0.5) is 0 Å². The van der Waals surface area contributed by atoms with Crippen LogP contribution in [-0.4, -0.2) is 31.2 Å². The largest absolute Gasteiger partial charge is 0.294 e. The van der Waals surface area contributed by atoms with Crippen LogP contribution >= 0.6 is 0 Å². The molecule has 3 rings (SSSR count). The Kier molecular flexibility index (Phi) is 4.23. The molecule has 0 aromatic carbocycles. The summed E-state index contributed by atoms with van der Waals surface area (Å²) in [5.41, 5.74) is 4.96. The average molecular weight is 313 g/mol. The third kappa shape index (κ3) is 3.44. The Morgan fingerprint density at radius 2 is 2.04 bits per heavy atom. The zero-order valence-corrected chi connectivity index (χ0v) is 14.9. The first-order chi connectivity index (χ1) is 10.9. The SMILES string of the molecule is CCn1cc(CN2CCc3nc(C(C)(C)C)ncc3C2)c(C)n1. The number of aryl methyl sites for hydroxylation is 2. The van der Waals surface area contributed by atoms with Crippen molar-refractivity contribution in [1.82, 2.24) is 24.6 Å². The minimum Gasteiger partial charge on any atom is -0.294 e. The van der Waals surface area contributed by atoms with Gasteiger partial charge in [-0.3, -0.25) is 9.58 Å². The minimum atomic E-state index is 0.0119. The van der Waals surface area contributed by atoms with Gasteiger partial charge < -0.3 is 0 Å². The Hall–Kier alpha value is -1.75. The van der Waals surface area contributed by atoms with E-state index in [2.05, 4.69) is 55.8 Å². The molecule has 5 nitrogen and oxygen atoms in total. The van der Waals surface area contributed by atoms with Crippen LogP contribution in [0.5, 0.6) is 0 Å². The summed E-state index contributed by atoms with van der Waals surface area (Å²) < 4.78 is 2.02. The van der Waals surface area contributed by atoms with E-state index >= 15 is 0 Å². The van der Waals surface area contributed by atoms with Gasteiger partial charge in [-0.25, -0.2) is 9.97 Å². The summed E-state index contributed by atoms with van der Waals surface area (Å²) in [6.45, 7) is 14.6. The Morgan fingerprint density at radius 3 is 2.70 bits per heavy atom. The van der Waals surface area contributed by atoms with Crippen LogP contribution in [0.15, 0.2) is 12.4 Å². The maximum absolute atomic E-state index is 4.81. The van der Waals surface area contributed by atoms with Crippen molar-refractivity contribution in [3.8, 4) is 0 Å². The van der Waals surface area contributed by atoms with Gasteiger partial charge in [0.1, 0.15) is 5.82 Å². The Bertz CT molecular complexity index is 696. The summed E-state index contributed by atoms with van der Waals surface area (Å²) in [4.78, 5) is 11.9. The number of hydrogen-bond acceptors (Lipinski definition) is 4. The van der Waals surface area contributed by atoms with E-state index in [0.717, 1.165) is 44.1 Å². The maximum Gasteiger partial charge on any atom is 0.133 e. The normalized spacial score (nSPS) is 15.7. The van der Waals surface area contributed by atoms with Crippen molar-refractivity contribution in [2.45, 2.75) is 66.1 Å². The van der Waals surface area contributed by atoms with Crippen LogP contribution in [0.2, 0.25) is 0 Å². The summed E-state index contributed by atoms with van der Waals surface area (Å²) in [6.07, 6.45) is 5.20.